The Bertz CT molecular complexity index is 306. The molecule has 12 heavy (non-hydrogen) atoms. The molecule has 0 amide bonds. The molecule has 1 fully saturated rings. The van der Waals surface area contributed by atoms with Crippen LogP contribution in [-0.4, -0.2) is 15.9 Å². The van der Waals surface area contributed by atoms with E-state index in [2.05, 4.69) is 10.1 Å². The van der Waals surface area contributed by atoms with Crippen LogP contribution >= 0.6 is 0 Å². The van der Waals surface area contributed by atoms with Gasteiger partial charge in [-0.2, -0.15) is 4.98 Å². The molecule has 4 heteroatoms. The number of carbonyl (C=O) groups is 1. The van der Waals surface area contributed by atoms with Crippen molar-refractivity contribution in [3.63, 3.8) is 0 Å². The minimum absolute atomic E-state index is 0.119. The van der Waals surface area contributed by atoms with E-state index in [0.717, 1.165) is 12.8 Å². The maximum absolute atomic E-state index is 11.3. The van der Waals surface area contributed by atoms with Crippen molar-refractivity contribution in [2.24, 2.45) is 0 Å². The first-order valence-electron chi connectivity index (χ1n) is 4.10. The van der Waals surface area contributed by atoms with Gasteiger partial charge in [-0.25, -0.2) is 0 Å². The fourth-order valence-corrected chi connectivity index (χ4v) is 1.53. The molecule has 0 N–H and O–H groups in total. The van der Waals surface area contributed by atoms with Crippen molar-refractivity contribution in [2.75, 3.05) is 0 Å². The Labute approximate surface area is 70.0 Å². The monoisotopic (exact) mass is 166 g/mol. The number of carbonyl (C=O) groups excluding carboxylic acids is 1. The van der Waals surface area contributed by atoms with Gasteiger partial charge in [0, 0.05) is 6.42 Å². The van der Waals surface area contributed by atoms with Crippen LogP contribution in [0.15, 0.2) is 4.52 Å². The molecular weight excluding hydrogens is 156 g/mol. The van der Waals surface area contributed by atoms with Crippen LogP contribution in [0.4, 0.5) is 0 Å². The highest BCUT2D eigenvalue weighted by atomic mass is 16.5. The molecule has 0 spiro atoms. The van der Waals surface area contributed by atoms with Crippen molar-refractivity contribution < 1.29 is 9.32 Å². The van der Waals surface area contributed by atoms with Crippen molar-refractivity contribution in [1.29, 1.82) is 0 Å². The third kappa shape index (κ3) is 1.13. The van der Waals surface area contributed by atoms with Crippen molar-refractivity contribution in [3.8, 4) is 0 Å². The van der Waals surface area contributed by atoms with E-state index >= 15 is 0 Å². The van der Waals surface area contributed by atoms with Gasteiger partial charge in [-0.15, -0.1) is 0 Å². The number of nitrogens with zero attached hydrogens (tertiary/aromatic N) is 2. The van der Waals surface area contributed by atoms with Crippen molar-refractivity contribution in [3.05, 3.63) is 11.7 Å². The Morgan fingerprint density at radius 2 is 2.42 bits per heavy atom. The lowest BCUT2D eigenvalue weighted by molar-refractivity contribution is -0.119. The van der Waals surface area contributed by atoms with E-state index in [4.69, 9.17) is 4.52 Å². The molecule has 1 atom stereocenters. The standard InChI is InChI=1S/C8H10N2O2/c1-5-9-8(12-10-5)6-3-2-4-7(6)11/h6H,2-4H2,1H3/t6-/m0/s1. The topological polar surface area (TPSA) is 56.0 Å². The molecule has 0 unspecified atom stereocenters. The second kappa shape index (κ2) is 2.69. The molecule has 2 rings (SSSR count). The molecule has 1 aliphatic carbocycles. The predicted molar refractivity (Wildman–Crippen MR) is 40.6 cm³/mol. The number of hydrogen-bond donors (Lipinski definition) is 0. The lowest BCUT2D eigenvalue weighted by atomic mass is 10.1. The summed E-state index contributed by atoms with van der Waals surface area (Å²) >= 11 is 0. The predicted octanol–water partition coefficient (Wildman–Crippen LogP) is 1.21. The van der Waals surface area contributed by atoms with Crippen LogP contribution in [0.25, 0.3) is 0 Å². The van der Waals surface area contributed by atoms with Gasteiger partial charge in [0.15, 0.2) is 5.82 Å². The van der Waals surface area contributed by atoms with E-state index in [-0.39, 0.29) is 11.7 Å². The maximum Gasteiger partial charge on any atom is 0.237 e. The number of Topliss-reactive ketones (excluding diaryl/α,β-unsaturated/α-hetero) is 1. The third-order valence-corrected chi connectivity index (χ3v) is 2.15. The summed E-state index contributed by atoms with van der Waals surface area (Å²) in [5.74, 6) is 1.21. The quantitative estimate of drug-likeness (QED) is 0.629. The zero-order valence-corrected chi connectivity index (χ0v) is 6.91. The molecule has 0 bridgehead atoms. The molecule has 0 radical (unpaired) electrons. The summed E-state index contributed by atoms with van der Waals surface area (Å²) in [6, 6.07) is 0. The first-order valence-corrected chi connectivity index (χ1v) is 4.10. The Balaban J connectivity index is 2.24. The van der Waals surface area contributed by atoms with Gasteiger partial charge in [-0.1, -0.05) is 5.16 Å². The van der Waals surface area contributed by atoms with E-state index in [0.29, 0.717) is 18.1 Å². The van der Waals surface area contributed by atoms with Gasteiger partial charge in [0.05, 0.1) is 5.92 Å². The minimum Gasteiger partial charge on any atom is -0.339 e. The molecule has 1 heterocycles. The molecule has 0 aliphatic heterocycles. The Morgan fingerprint density at radius 3 is 2.92 bits per heavy atom. The first kappa shape index (κ1) is 7.46. The Hall–Kier alpha value is -1.19. The number of aromatic nitrogens is 2. The number of ketones is 1. The number of rotatable bonds is 1. The molecule has 0 aromatic carbocycles. The van der Waals surface area contributed by atoms with Gasteiger partial charge < -0.3 is 4.52 Å². The highest BCUT2D eigenvalue weighted by Gasteiger charge is 2.30. The molecular formula is C8H10N2O2. The van der Waals surface area contributed by atoms with E-state index in [1.54, 1.807) is 6.92 Å². The minimum atomic E-state index is -0.119. The normalized spacial score (nSPS) is 23.4. The number of aryl methyl sites for hydroxylation is 1. The second-order valence-corrected chi connectivity index (χ2v) is 3.09. The van der Waals surface area contributed by atoms with Crippen LogP contribution in [0.3, 0.4) is 0 Å². The average molecular weight is 166 g/mol. The van der Waals surface area contributed by atoms with Crippen LogP contribution in [0, 0.1) is 6.92 Å². The van der Waals surface area contributed by atoms with E-state index in [9.17, 15) is 4.79 Å². The van der Waals surface area contributed by atoms with Gasteiger partial charge in [0.2, 0.25) is 5.89 Å². The highest BCUT2D eigenvalue weighted by Crippen LogP contribution is 2.29. The van der Waals surface area contributed by atoms with Crippen molar-refractivity contribution in [1.82, 2.24) is 10.1 Å². The Morgan fingerprint density at radius 1 is 1.58 bits per heavy atom. The molecule has 4 nitrogen and oxygen atoms in total. The van der Waals surface area contributed by atoms with E-state index < -0.39 is 0 Å². The summed E-state index contributed by atoms with van der Waals surface area (Å²) in [6.07, 6.45) is 2.47. The largest absolute Gasteiger partial charge is 0.339 e. The lowest BCUT2D eigenvalue weighted by Gasteiger charge is -1.97. The van der Waals surface area contributed by atoms with Gasteiger partial charge in [-0.3, -0.25) is 4.79 Å². The van der Waals surface area contributed by atoms with E-state index in [1.165, 1.54) is 0 Å². The summed E-state index contributed by atoms with van der Waals surface area (Å²) < 4.78 is 4.94. The summed E-state index contributed by atoms with van der Waals surface area (Å²) in [6.45, 7) is 1.76. The lowest BCUT2D eigenvalue weighted by Crippen LogP contribution is -2.04. The molecule has 1 aromatic heterocycles. The zero-order chi connectivity index (χ0) is 8.55. The summed E-state index contributed by atoms with van der Waals surface area (Å²) in [5, 5.41) is 3.66. The van der Waals surface area contributed by atoms with Gasteiger partial charge in [0.25, 0.3) is 0 Å². The van der Waals surface area contributed by atoms with Gasteiger partial charge in [-0.05, 0) is 19.8 Å². The SMILES string of the molecule is Cc1noc([C@H]2CCCC2=O)n1. The first-order chi connectivity index (χ1) is 5.77. The second-order valence-electron chi connectivity index (χ2n) is 3.09. The van der Waals surface area contributed by atoms with Crippen LogP contribution in [0.5, 0.6) is 0 Å². The van der Waals surface area contributed by atoms with Crippen LogP contribution in [0.1, 0.15) is 36.9 Å². The van der Waals surface area contributed by atoms with Gasteiger partial charge >= 0.3 is 0 Å². The molecule has 1 saturated carbocycles. The Kier molecular flexibility index (Phi) is 1.67. The average Bonchev–Trinajstić information content (AvgIpc) is 2.58. The fraction of sp³-hybridized carbons (Fsp3) is 0.625. The van der Waals surface area contributed by atoms with Gasteiger partial charge in [0.1, 0.15) is 5.78 Å². The molecule has 64 valence electrons. The molecule has 0 saturated heterocycles. The van der Waals surface area contributed by atoms with Crippen molar-refractivity contribution in [2.45, 2.75) is 32.1 Å². The smallest absolute Gasteiger partial charge is 0.237 e. The van der Waals surface area contributed by atoms with Crippen LogP contribution in [-0.2, 0) is 4.79 Å². The van der Waals surface area contributed by atoms with Crippen molar-refractivity contribution >= 4 is 5.78 Å². The molecule has 1 aliphatic rings. The van der Waals surface area contributed by atoms with Crippen LogP contribution < -0.4 is 0 Å². The summed E-state index contributed by atoms with van der Waals surface area (Å²) in [4.78, 5) is 15.3. The maximum atomic E-state index is 11.3. The molecule has 1 aromatic rings. The third-order valence-electron chi connectivity index (χ3n) is 2.15. The summed E-state index contributed by atoms with van der Waals surface area (Å²) in [5.41, 5.74) is 0. The van der Waals surface area contributed by atoms with E-state index in [1.807, 2.05) is 0 Å². The summed E-state index contributed by atoms with van der Waals surface area (Å²) in [7, 11) is 0. The fourth-order valence-electron chi connectivity index (χ4n) is 1.53. The van der Waals surface area contributed by atoms with Crippen LogP contribution in [0.2, 0.25) is 0 Å². The zero-order valence-electron chi connectivity index (χ0n) is 6.91. The highest BCUT2D eigenvalue weighted by molar-refractivity contribution is 5.86. The number of hydrogen-bond acceptors (Lipinski definition) is 4.